The highest BCUT2D eigenvalue weighted by Gasteiger charge is 2.14. The summed E-state index contributed by atoms with van der Waals surface area (Å²) in [5.41, 5.74) is 0.631. The number of benzene rings is 1. The van der Waals surface area contributed by atoms with Gasteiger partial charge in [0.05, 0.1) is 5.02 Å². The van der Waals surface area contributed by atoms with Crippen LogP contribution in [-0.4, -0.2) is 21.0 Å². The molecule has 0 saturated carbocycles. The predicted octanol–water partition coefficient (Wildman–Crippen LogP) is 5.11. The van der Waals surface area contributed by atoms with Gasteiger partial charge in [0.1, 0.15) is 23.2 Å². The minimum Gasteiger partial charge on any atom is -0.457 e. The third-order valence-electron chi connectivity index (χ3n) is 3.32. The summed E-state index contributed by atoms with van der Waals surface area (Å²) in [5, 5.41) is 13.4. The molecular weight excluding hydrogens is 404 g/mol. The van der Waals surface area contributed by atoms with Crippen molar-refractivity contribution < 1.29 is 9.21 Å². The molecule has 0 aliphatic carbocycles. The van der Waals surface area contributed by atoms with Crippen LogP contribution in [0.15, 0.2) is 51.5 Å². The summed E-state index contributed by atoms with van der Waals surface area (Å²) in [6, 6.07) is 12.5. The first-order valence-electron chi connectivity index (χ1n) is 7.85. The van der Waals surface area contributed by atoms with Crippen LogP contribution in [0.3, 0.4) is 0 Å². The molecule has 3 rings (SSSR count). The number of amides is 1. The second kappa shape index (κ2) is 8.86. The van der Waals surface area contributed by atoms with Crippen molar-refractivity contribution in [2.45, 2.75) is 12.1 Å². The molecule has 0 aliphatic rings. The van der Waals surface area contributed by atoms with E-state index >= 15 is 0 Å². The van der Waals surface area contributed by atoms with Crippen LogP contribution in [0.5, 0.6) is 0 Å². The highest BCUT2D eigenvalue weighted by Crippen LogP contribution is 2.29. The number of anilines is 1. The Morgan fingerprint density at radius 2 is 2.22 bits per heavy atom. The second-order valence-corrected chi connectivity index (χ2v) is 7.51. The lowest BCUT2D eigenvalue weighted by Crippen LogP contribution is -2.13. The maximum absolute atomic E-state index is 12.3. The SMILES string of the molecule is CCSc1nsc(NC(=O)/C(C#N)=C\c2ccc(-c3ccccc3Cl)o2)n1. The summed E-state index contributed by atoms with van der Waals surface area (Å²) in [6.07, 6.45) is 1.37. The van der Waals surface area contributed by atoms with Crippen molar-refractivity contribution in [3.63, 3.8) is 0 Å². The maximum Gasteiger partial charge on any atom is 0.268 e. The lowest BCUT2D eigenvalue weighted by molar-refractivity contribution is -0.112. The van der Waals surface area contributed by atoms with E-state index in [1.165, 1.54) is 17.8 Å². The molecule has 0 atom stereocenters. The number of carbonyl (C=O) groups excluding carboxylic acids is 1. The Hall–Kier alpha value is -2.60. The van der Waals surface area contributed by atoms with Gasteiger partial charge in [0, 0.05) is 23.2 Å². The van der Waals surface area contributed by atoms with Crippen molar-refractivity contribution >= 4 is 52.0 Å². The zero-order valence-corrected chi connectivity index (χ0v) is 16.5. The molecule has 0 fully saturated rings. The van der Waals surface area contributed by atoms with E-state index < -0.39 is 5.91 Å². The molecule has 0 aliphatic heterocycles. The van der Waals surface area contributed by atoms with Crippen molar-refractivity contribution in [2.75, 3.05) is 11.1 Å². The molecule has 0 spiro atoms. The lowest BCUT2D eigenvalue weighted by Gasteiger charge is -2.00. The summed E-state index contributed by atoms with van der Waals surface area (Å²) in [6.45, 7) is 1.99. The molecule has 3 aromatic rings. The highest BCUT2D eigenvalue weighted by atomic mass is 35.5. The standard InChI is InChI=1S/C18H13ClN4O2S2/c1-2-26-18-22-17(27-23-18)21-16(24)11(10-20)9-12-7-8-15(25-12)13-5-3-4-6-14(13)19/h3-9H,2H2,1H3,(H,21,22,23,24)/b11-9-. The van der Waals surface area contributed by atoms with Crippen molar-refractivity contribution in [3.05, 3.63) is 52.8 Å². The molecule has 27 heavy (non-hydrogen) atoms. The zero-order chi connectivity index (χ0) is 19.2. The Morgan fingerprint density at radius 3 is 2.96 bits per heavy atom. The van der Waals surface area contributed by atoms with Gasteiger partial charge in [-0.15, -0.1) is 0 Å². The molecule has 0 radical (unpaired) electrons. The van der Waals surface area contributed by atoms with E-state index in [1.54, 1.807) is 18.2 Å². The number of carbonyl (C=O) groups is 1. The van der Waals surface area contributed by atoms with Crippen molar-refractivity contribution in [2.24, 2.45) is 0 Å². The van der Waals surface area contributed by atoms with Gasteiger partial charge in [-0.2, -0.15) is 14.6 Å². The fourth-order valence-corrected chi connectivity index (χ4v) is 3.63. The predicted molar refractivity (Wildman–Crippen MR) is 108 cm³/mol. The smallest absolute Gasteiger partial charge is 0.268 e. The zero-order valence-electron chi connectivity index (χ0n) is 14.1. The summed E-state index contributed by atoms with van der Waals surface area (Å²) < 4.78 is 9.82. The minimum absolute atomic E-state index is 0.102. The number of rotatable bonds is 6. The summed E-state index contributed by atoms with van der Waals surface area (Å²) in [5.74, 6) is 1.18. The van der Waals surface area contributed by atoms with Crippen molar-refractivity contribution in [1.29, 1.82) is 5.26 Å². The van der Waals surface area contributed by atoms with Crippen LogP contribution in [0, 0.1) is 11.3 Å². The number of hydrogen-bond acceptors (Lipinski definition) is 7. The molecule has 1 N–H and O–H groups in total. The Kier molecular flexibility index (Phi) is 6.29. The molecular formula is C18H13ClN4O2S2. The number of aromatic nitrogens is 2. The maximum atomic E-state index is 12.3. The summed E-state index contributed by atoms with van der Waals surface area (Å²) >= 11 is 8.70. The highest BCUT2D eigenvalue weighted by molar-refractivity contribution is 7.99. The fourth-order valence-electron chi connectivity index (χ4n) is 2.14. The first-order chi connectivity index (χ1) is 13.1. The Balaban J connectivity index is 1.77. The Labute approximate surface area is 169 Å². The first kappa shape index (κ1) is 19.2. The van der Waals surface area contributed by atoms with E-state index in [0.717, 1.165) is 22.8 Å². The normalized spacial score (nSPS) is 11.2. The van der Waals surface area contributed by atoms with Gasteiger partial charge in [0.15, 0.2) is 0 Å². The van der Waals surface area contributed by atoms with Crippen LogP contribution in [0.2, 0.25) is 5.02 Å². The van der Waals surface area contributed by atoms with E-state index in [4.69, 9.17) is 16.0 Å². The Bertz CT molecular complexity index is 1040. The van der Waals surface area contributed by atoms with E-state index in [2.05, 4.69) is 14.7 Å². The third kappa shape index (κ3) is 4.77. The van der Waals surface area contributed by atoms with Gasteiger partial charge in [0.2, 0.25) is 10.3 Å². The van der Waals surface area contributed by atoms with Crippen LogP contribution >= 0.6 is 34.9 Å². The molecule has 0 unspecified atom stereocenters. The summed E-state index contributed by atoms with van der Waals surface area (Å²) in [7, 11) is 0. The summed E-state index contributed by atoms with van der Waals surface area (Å²) in [4.78, 5) is 16.5. The number of hydrogen-bond donors (Lipinski definition) is 1. The van der Waals surface area contributed by atoms with Crippen molar-refractivity contribution in [1.82, 2.24) is 9.36 Å². The van der Waals surface area contributed by atoms with E-state index in [1.807, 2.05) is 31.2 Å². The van der Waals surface area contributed by atoms with E-state index in [0.29, 0.717) is 26.8 Å². The van der Waals surface area contributed by atoms with E-state index in [-0.39, 0.29) is 5.57 Å². The number of nitriles is 1. The van der Waals surface area contributed by atoms with Gasteiger partial charge in [-0.1, -0.05) is 42.4 Å². The lowest BCUT2D eigenvalue weighted by atomic mass is 10.2. The number of furan rings is 1. The number of thioether (sulfide) groups is 1. The molecule has 2 heterocycles. The molecule has 6 nitrogen and oxygen atoms in total. The van der Waals surface area contributed by atoms with Crippen LogP contribution in [0.1, 0.15) is 12.7 Å². The molecule has 0 saturated heterocycles. The molecule has 9 heteroatoms. The number of halogens is 1. The van der Waals surface area contributed by atoms with Crippen LogP contribution in [0.25, 0.3) is 17.4 Å². The number of nitrogens with one attached hydrogen (secondary N) is 1. The first-order valence-corrected chi connectivity index (χ1v) is 9.98. The third-order valence-corrected chi connectivity index (χ3v) is 5.12. The molecule has 2 aromatic heterocycles. The molecule has 0 bridgehead atoms. The quantitative estimate of drug-likeness (QED) is 0.341. The van der Waals surface area contributed by atoms with Gasteiger partial charge in [-0.05, 0) is 30.0 Å². The van der Waals surface area contributed by atoms with Gasteiger partial charge >= 0.3 is 0 Å². The van der Waals surface area contributed by atoms with Gasteiger partial charge < -0.3 is 4.42 Å². The number of nitrogens with zero attached hydrogens (tertiary/aromatic N) is 3. The average molecular weight is 417 g/mol. The van der Waals surface area contributed by atoms with E-state index in [9.17, 15) is 10.1 Å². The van der Waals surface area contributed by atoms with Gasteiger partial charge in [0.25, 0.3) is 5.91 Å². The second-order valence-electron chi connectivity index (χ2n) is 5.12. The molecule has 136 valence electrons. The fraction of sp³-hybridized carbons (Fsp3) is 0.111. The Morgan fingerprint density at radius 1 is 1.41 bits per heavy atom. The van der Waals surface area contributed by atoms with Gasteiger partial charge in [-0.3, -0.25) is 10.1 Å². The molecule has 1 aromatic carbocycles. The van der Waals surface area contributed by atoms with Crippen LogP contribution in [0.4, 0.5) is 5.13 Å². The van der Waals surface area contributed by atoms with Crippen LogP contribution in [-0.2, 0) is 4.79 Å². The van der Waals surface area contributed by atoms with Crippen LogP contribution < -0.4 is 5.32 Å². The average Bonchev–Trinajstić information content (AvgIpc) is 3.30. The largest absolute Gasteiger partial charge is 0.457 e. The van der Waals surface area contributed by atoms with Gasteiger partial charge in [-0.25, -0.2) is 0 Å². The molecule has 1 amide bonds. The monoisotopic (exact) mass is 416 g/mol. The minimum atomic E-state index is -0.572. The topological polar surface area (TPSA) is 91.8 Å². The van der Waals surface area contributed by atoms with Crippen molar-refractivity contribution in [3.8, 4) is 17.4 Å².